The first kappa shape index (κ1) is 12.4. The maximum Gasteiger partial charge on any atom is 0.0723 e. The summed E-state index contributed by atoms with van der Waals surface area (Å²) in [6.45, 7) is 8.21. The van der Waals surface area contributed by atoms with Gasteiger partial charge in [-0.1, -0.05) is 12.1 Å². The van der Waals surface area contributed by atoms with Gasteiger partial charge in [-0.2, -0.15) is 0 Å². The number of hydrogen-bond acceptors (Lipinski definition) is 3. The fraction of sp³-hybridized carbons (Fsp3) is 0.571. The van der Waals surface area contributed by atoms with Crippen LogP contribution in [-0.4, -0.2) is 30.4 Å². The van der Waals surface area contributed by atoms with Crippen LogP contribution in [0, 0.1) is 6.92 Å². The molecule has 17 heavy (non-hydrogen) atoms. The SMILES string of the molecule is Cc1cc(CO)ccc1N1CC(C)OCC1C. The van der Waals surface area contributed by atoms with Gasteiger partial charge in [0.2, 0.25) is 0 Å². The van der Waals surface area contributed by atoms with Crippen LogP contribution in [0.2, 0.25) is 0 Å². The topological polar surface area (TPSA) is 32.7 Å². The summed E-state index contributed by atoms with van der Waals surface area (Å²) in [6.07, 6.45) is 0.281. The predicted molar refractivity (Wildman–Crippen MR) is 69.3 cm³/mol. The fourth-order valence-electron chi connectivity index (χ4n) is 2.38. The summed E-state index contributed by atoms with van der Waals surface area (Å²) in [5.41, 5.74) is 3.45. The number of aliphatic hydroxyl groups is 1. The third-order valence-electron chi connectivity index (χ3n) is 3.36. The number of morpholine rings is 1. The summed E-state index contributed by atoms with van der Waals surface area (Å²) < 4.78 is 5.64. The molecule has 1 aliphatic rings. The Hall–Kier alpha value is -1.06. The van der Waals surface area contributed by atoms with Crippen LogP contribution >= 0.6 is 0 Å². The number of nitrogens with zero attached hydrogens (tertiary/aromatic N) is 1. The van der Waals surface area contributed by atoms with Crippen molar-refractivity contribution in [2.45, 2.75) is 39.5 Å². The van der Waals surface area contributed by atoms with Crippen molar-refractivity contribution in [1.82, 2.24) is 0 Å². The molecule has 0 aromatic heterocycles. The van der Waals surface area contributed by atoms with Crippen LogP contribution in [0.1, 0.15) is 25.0 Å². The summed E-state index contributed by atoms with van der Waals surface area (Å²) in [6, 6.07) is 6.57. The van der Waals surface area contributed by atoms with Gasteiger partial charge in [0.1, 0.15) is 0 Å². The maximum atomic E-state index is 9.12. The first-order valence-electron chi connectivity index (χ1n) is 6.20. The zero-order valence-corrected chi connectivity index (χ0v) is 10.8. The molecule has 1 N–H and O–H groups in total. The molecule has 0 aliphatic carbocycles. The Kier molecular flexibility index (Phi) is 3.69. The Bertz CT molecular complexity index is 392. The quantitative estimate of drug-likeness (QED) is 0.852. The molecule has 1 heterocycles. The average Bonchev–Trinajstić information content (AvgIpc) is 2.32. The minimum atomic E-state index is 0.107. The summed E-state index contributed by atoms with van der Waals surface area (Å²) >= 11 is 0. The van der Waals surface area contributed by atoms with Gasteiger partial charge in [0.25, 0.3) is 0 Å². The van der Waals surface area contributed by atoms with E-state index in [1.165, 1.54) is 11.3 Å². The van der Waals surface area contributed by atoms with Gasteiger partial charge in [-0.05, 0) is 38.0 Å². The zero-order chi connectivity index (χ0) is 12.4. The van der Waals surface area contributed by atoms with E-state index in [1.807, 2.05) is 6.07 Å². The van der Waals surface area contributed by atoms with Gasteiger partial charge < -0.3 is 14.7 Å². The van der Waals surface area contributed by atoms with Crippen LogP contribution in [0.4, 0.5) is 5.69 Å². The summed E-state index contributed by atoms with van der Waals surface area (Å²) in [5, 5.41) is 9.12. The largest absolute Gasteiger partial charge is 0.392 e. The number of rotatable bonds is 2. The first-order valence-corrected chi connectivity index (χ1v) is 6.20. The Morgan fingerprint density at radius 1 is 1.41 bits per heavy atom. The fourth-order valence-corrected chi connectivity index (χ4v) is 2.38. The molecule has 1 aliphatic heterocycles. The van der Waals surface area contributed by atoms with Gasteiger partial charge in [0.05, 0.1) is 19.3 Å². The normalized spacial score (nSPS) is 25.1. The Morgan fingerprint density at radius 3 is 2.82 bits per heavy atom. The molecular formula is C14H21NO2. The lowest BCUT2D eigenvalue weighted by molar-refractivity contribution is 0.0343. The van der Waals surface area contributed by atoms with Gasteiger partial charge in [0.15, 0.2) is 0 Å². The van der Waals surface area contributed by atoms with Gasteiger partial charge >= 0.3 is 0 Å². The highest BCUT2D eigenvalue weighted by molar-refractivity contribution is 5.55. The molecule has 0 spiro atoms. The molecule has 3 nitrogen and oxygen atoms in total. The highest BCUT2D eigenvalue weighted by atomic mass is 16.5. The zero-order valence-electron chi connectivity index (χ0n) is 10.8. The summed E-state index contributed by atoms with van der Waals surface area (Å²) in [4.78, 5) is 2.39. The lowest BCUT2D eigenvalue weighted by Crippen LogP contribution is -2.47. The first-order chi connectivity index (χ1) is 8.11. The summed E-state index contributed by atoms with van der Waals surface area (Å²) in [5.74, 6) is 0. The van der Waals surface area contributed by atoms with Crippen molar-refractivity contribution >= 4 is 5.69 Å². The molecule has 94 valence electrons. The second kappa shape index (κ2) is 5.07. The highest BCUT2D eigenvalue weighted by Gasteiger charge is 2.24. The number of hydrogen-bond donors (Lipinski definition) is 1. The van der Waals surface area contributed by atoms with Crippen molar-refractivity contribution in [1.29, 1.82) is 0 Å². The van der Waals surface area contributed by atoms with Crippen LogP contribution in [0.25, 0.3) is 0 Å². The van der Waals surface area contributed by atoms with E-state index in [2.05, 4.69) is 37.8 Å². The third-order valence-corrected chi connectivity index (χ3v) is 3.36. The van der Waals surface area contributed by atoms with Crippen LogP contribution in [0.3, 0.4) is 0 Å². The number of anilines is 1. The van der Waals surface area contributed by atoms with E-state index in [1.54, 1.807) is 0 Å². The monoisotopic (exact) mass is 235 g/mol. The second-order valence-corrected chi connectivity index (χ2v) is 4.92. The Labute approximate surface area is 103 Å². The van der Waals surface area contributed by atoms with Crippen LogP contribution in [0.5, 0.6) is 0 Å². The molecule has 1 aromatic carbocycles. The van der Waals surface area contributed by atoms with Crippen molar-refractivity contribution in [3.05, 3.63) is 29.3 Å². The van der Waals surface area contributed by atoms with E-state index in [0.29, 0.717) is 6.04 Å². The van der Waals surface area contributed by atoms with E-state index in [4.69, 9.17) is 9.84 Å². The van der Waals surface area contributed by atoms with Gasteiger partial charge in [-0.25, -0.2) is 0 Å². The molecule has 2 rings (SSSR count). The van der Waals surface area contributed by atoms with E-state index >= 15 is 0 Å². The minimum absolute atomic E-state index is 0.107. The number of ether oxygens (including phenoxy) is 1. The van der Waals surface area contributed by atoms with Crippen molar-refractivity contribution in [3.8, 4) is 0 Å². The second-order valence-electron chi connectivity index (χ2n) is 4.92. The highest BCUT2D eigenvalue weighted by Crippen LogP contribution is 2.26. The van der Waals surface area contributed by atoms with Crippen molar-refractivity contribution in [2.24, 2.45) is 0 Å². The number of aryl methyl sites for hydroxylation is 1. The van der Waals surface area contributed by atoms with Crippen molar-refractivity contribution < 1.29 is 9.84 Å². The van der Waals surface area contributed by atoms with Crippen LogP contribution < -0.4 is 4.90 Å². The Balaban J connectivity index is 2.26. The van der Waals surface area contributed by atoms with E-state index in [9.17, 15) is 0 Å². The van der Waals surface area contributed by atoms with E-state index in [0.717, 1.165) is 18.7 Å². The summed E-state index contributed by atoms with van der Waals surface area (Å²) in [7, 11) is 0. The predicted octanol–water partition coefficient (Wildman–Crippen LogP) is 2.10. The maximum absolute atomic E-state index is 9.12. The minimum Gasteiger partial charge on any atom is -0.392 e. The lowest BCUT2D eigenvalue weighted by atomic mass is 10.1. The number of aliphatic hydroxyl groups excluding tert-OH is 1. The van der Waals surface area contributed by atoms with Crippen LogP contribution in [0.15, 0.2) is 18.2 Å². The standard InChI is InChI=1S/C14H21NO2/c1-10-6-13(8-16)4-5-14(10)15-7-12(3)17-9-11(15)2/h4-6,11-12,16H,7-9H2,1-3H3. The van der Waals surface area contributed by atoms with E-state index in [-0.39, 0.29) is 12.7 Å². The van der Waals surface area contributed by atoms with E-state index < -0.39 is 0 Å². The van der Waals surface area contributed by atoms with Crippen molar-refractivity contribution in [3.63, 3.8) is 0 Å². The molecule has 0 radical (unpaired) electrons. The van der Waals surface area contributed by atoms with Gasteiger partial charge in [-0.3, -0.25) is 0 Å². The molecular weight excluding hydrogens is 214 g/mol. The van der Waals surface area contributed by atoms with Crippen LogP contribution in [-0.2, 0) is 11.3 Å². The lowest BCUT2D eigenvalue weighted by Gasteiger charge is -2.39. The third kappa shape index (κ3) is 2.61. The molecule has 0 amide bonds. The molecule has 1 saturated heterocycles. The molecule has 0 saturated carbocycles. The van der Waals surface area contributed by atoms with Gasteiger partial charge in [-0.15, -0.1) is 0 Å². The Morgan fingerprint density at radius 2 is 2.18 bits per heavy atom. The smallest absolute Gasteiger partial charge is 0.0723 e. The van der Waals surface area contributed by atoms with Crippen molar-refractivity contribution in [2.75, 3.05) is 18.1 Å². The average molecular weight is 235 g/mol. The molecule has 2 atom stereocenters. The molecule has 2 unspecified atom stereocenters. The molecule has 1 aromatic rings. The molecule has 0 bridgehead atoms. The molecule has 1 fully saturated rings. The van der Waals surface area contributed by atoms with Gasteiger partial charge in [0, 0.05) is 18.3 Å². The number of benzene rings is 1. The molecule has 3 heteroatoms.